The van der Waals surface area contributed by atoms with Gasteiger partial charge >= 0.3 is 0 Å². The lowest BCUT2D eigenvalue weighted by molar-refractivity contribution is 0.101. The second-order valence-electron chi connectivity index (χ2n) is 7.23. The van der Waals surface area contributed by atoms with E-state index in [-0.39, 0.29) is 11.6 Å². The highest BCUT2D eigenvalue weighted by molar-refractivity contribution is 7.15. The van der Waals surface area contributed by atoms with Gasteiger partial charge in [0, 0.05) is 17.0 Å². The lowest BCUT2D eigenvalue weighted by atomic mass is 10.2. The van der Waals surface area contributed by atoms with Crippen LogP contribution in [0.1, 0.15) is 10.5 Å². The van der Waals surface area contributed by atoms with Crippen LogP contribution >= 0.6 is 11.3 Å². The Morgan fingerprint density at radius 3 is 2.57 bits per heavy atom. The number of aromatic nitrogens is 5. The Hall–Kier alpha value is -4.71. The zero-order valence-corrected chi connectivity index (χ0v) is 19.3. The number of para-hydroxylation sites is 2. The maximum absolute atomic E-state index is 12.9. The standard InChI is InChI=1S/C23H18N6O5S/c1-33-14-9-7-13(8-10-14)16-12-35-23-25-22(27-29(16)23)24-21(32)20-17(30)11-19(31)28(26-20)15-5-3-4-6-18(15)34-2/h3-12,30H,1-2H3,(H,24,27,32). The van der Waals surface area contributed by atoms with Gasteiger partial charge in [-0.1, -0.05) is 12.1 Å². The molecular weight excluding hydrogens is 472 g/mol. The van der Waals surface area contributed by atoms with Gasteiger partial charge in [0.15, 0.2) is 11.4 Å². The van der Waals surface area contributed by atoms with Gasteiger partial charge < -0.3 is 14.6 Å². The Balaban J connectivity index is 1.46. The zero-order valence-electron chi connectivity index (χ0n) is 18.5. The lowest BCUT2D eigenvalue weighted by Crippen LogP contribution is -2.25. The van der Waals surface area contributed by atoms with Crippen molar-refractivity contribution in [3.63, 3.8) is 0 Å². The molecule has 0 unspecified atom stereocenters. The normalized spacial score (nSPS) is 10.9. The first-order valence-electron chi connectivity index (χ1n) is 10.3. The van der Waals surface area contributed by atoms with Crippen LogP contribution in [-0.2, 0) is 0 Å². The molecule has 1 amide bonds. The SMILES string of the molecule is COc1ccc(-c2csc3nc(NC(=O)c4nn(-c5ccccc5OC)c(=O)cc4O)nn23)cc1. The third kappa shape index (κ3) is 4.06. The van der Waals surface area contributed by atoms with Crippen LogP contribution in [0.4, 0.5) is 5.95 Å². The molecule has 11 nitrogen and oxygen atoms in total. The number of benzene rings is 2. The number of carbonyl (C=O) groups excluding carboxylic acids is 1. The van der Waals surface area contributed by atoms with Crippen molar-refractivity contribution in [2.45, 2.75) is 0 Å². The second-order valence-corrected chi connectivity index (χ2v) is 8.07. The Morgan fingerprint density at radius 1 is 1.06 bits per heavy atom. The van der Waals surface area contributed by atoms with Crippen molar-refractivity contribution >= 4 is 28.2 Å². The van der Waals surface area contributed by atoms with Gasteiger partial charge in [-0.05, 0) is 36.4 Å². The molecule has 0 atom stereocenters. The molecule has 5 rings (SSSR count). The highest BCUT2D eigenvalue weighted by atomic mass is 32.1. The minimum absolute atomic E-state index is 0.0212. The van der Waals surface area contributed by atoms with Gasteiger partial charge in [0.2, 0.25) is 4.96 Å². The second kappa shape index (κ2) is 8.91. The number of hydrogen-bond acceptors (Lipinski definition) is 9. The third-order valence-electron chi connectivity index (χ3n) is 5.13. The summed E-state index contributed by atoms with van der Waals surface area (Å²) in [6.07, 6.45) is 0. The number of rotatable bonds is 6. The summed E-state index contributed by atoms with van der Waals surface area (Å²) in [5.74, 6) is -0.225. The van der Waals surface area contributed by atoms with E-state index >= 15 is 0 Å². The summed E-state index contributed by atoms with van der Waals surface area (Å²) in [7, 11) is 3.05. The highest BCUT2D eigenvalue weighted by Gasteiger charge is 2.21. The number of methoxy groups -OCH3 is 2. The van der Waals surface area contributed by atoms with Crippen LogP contribution in [-0.4, -0.2) is 49.6 Å². The molecule has 0 fully saturated rings. The first kappa shape index (κ1) is 22.1. The molecule has 0 bridgehead atoms. The Kier molecular flexibility index (Phi) is 5.63. The summed E-state index contributed by atoms with van der Waals surface area (Å²) in [6, 6.07) is 15.1. The number of amides is 1. The number of ether oxygens (including phenoxy) is 2. The minimum atomic E-state index is -0.782. The van der Waals surface area contributed by atoms with Crippen molar-refractivity contribution in [2.24, 2.45) is 0 Å². The summed E-state index contributed by atoms with van der Waals surface area (Å²) in [5.41, 5.74) is 0.991. The number of thiazole rings is 1. The summed E-state index contributed by atoms with van der Waals surface area (Å²) < 4.78 is 13.1. The minimum Gasteiger partial charge on any atom is -0.505 e. The number of aromatic hydroxyl groups is 1. The highest BCUT2D eigenvalue weighted by Crippen LogP contribution is 2.28. The topological polar surface area (TPSA) is 133 Å². The van der Waals surface area contributed by atoms with Crippen LogP contribution < -0.4 is 20.3 Å². The van der Waals surface area contributed by atoms with Crippen LogP contribution in [0, 0.1) is 0 Å². The van der Waals surface area contributed by atoms with Crippen molar-refractivity contribution in [3.05, 3.63) is 76.0 Å². The van der Waals surface area contributed by atoms with Gasteiger partial charge in [0.25, 0.3) is 17.4 Å². The first-order valence-corrected chi connectivity index (χ1v) is 11.1. The molecule has 2 N–H and O–H groups in total. The van der Waals surface area contributed by atoms with Gasteiger partial charge in [0.05, 0.1) is 19.9 Å². The average molecular weight is 491 g/mol. The van der Waals surface area contributed by atoms with Gasteiger partial charge in [-0.2, -0.15) is 14.8 Å². The molecule has 0 aliphatic carbocycles. The van der Waals surface area contributed by atoms with Gasteiger partial charge in [0.1, 0.15) is 17.2 Å². The van der Waals surface area contributed by atoms with Crippen LogP contribution in [0.2, 0.25) is 0 Å². The van der Waals surface area contributed by atoms with E-state index in [1.54, 1.807) is 35.9 Å². The first-order chi connectivity index (χ1) is 17.0. The van der Waals surface area contributed by atoms with Crippen molar-refractivity contribution in [3.8, 4) is 34.2 Å². The summed E-state index contributed by atoms with van der Waals surface area (Å²) in [6.45, 7) is 0. The monoisotopic (exact) mass is 490 g/mol. The fraction of sp³-hybridized carbons (Fsp3) is 0.0870. The predicted octanol–water partition coefficient (Wildman–Crippen LogP) is 2.98. The quantitative estimate of drug-likeness (QED) is 0.371. The van der Waals surface area contributed by atoms with E-state index < -0.39 is 17.2 Å². The summed E-state index contributed by atoms with van der Waals surface area (Å²) in [4.78, 5) is 30.3. The fourth-order valence-corrected chi connectivity index (χ4v) is 4.27. The molecule has 5 aromatic rings. The molecule has 176 valence electrons. The zero-order chi connectivity index (χ0) is 24.5. The van der Waals surface area contributed by atoms with Crippen molar-refractivity contribution < 1.29 is 19.4 Å². The van der Waals surface area contributed by atoms with E-state index in [0.29, 0.717) is 16.4 Å². The maximum Gasteiger partial charge on any atom is 0.282 e. The van der Waals surface area contributed by atoms with Crippen LogP contribution in [0.25, 0.3) is 21.9 Å². The molecule has 0 aliphatic rings. The number of anilines is 1. The van der Waals surface area contributed by atoms with E-state index in [0.717, 1.165) is 27.8 Å². The number of nitrogens with one attached hydrogen (secondary N) is 1. The molecule has 35 heavy (non-hydrogen) atoms. The molecule has 3 heterocycles. The van der Waals surface area contributed by atoms with Crippen LogP contribution in [0.5, 0.6) is 17.2 Å². The van der Waals surface area contributed by atoms with E-state index in [1.807, 2.05) is 29.6 Å². The molecule has 0 spiro atoms. The Labute approximate surface area is 201 Å². The van der Waals surface area contributed by atoms with Gasteiger partial charge in [-0.3, -0.25) is 14.9 Å². The summed E-state index contributed by atoms with van der Waals surface area (Å²) in [5, 5.41) is 23.1. The average Bonchev–Trinajstić information content (AvgIpc) is 3.44. The largest absolute Gasteiger partial charge is 0.505 e. The number of hydrogen-bond donors (Lipinski definition) is 2. The van der Waals surface area contributed by atoms with Crippen molar-refractivity contribution in [1.29, 1.82) is 0 Å². The van der Waals surface area contributed by atoms with E-state index in [1.165, 1.54) is 18.4 Å². The smallest absolute Gasteiger partial charge is 0.282 e. The predicted molar refractivity (Wildman–Crippen MR) is 129 cm³/mol. The molecule has 0 saturated carbocycles. The Bertz CT molecular complexity index is 1610. The van der Waals surface area contributed by atoms with Crippen molar-refractivity contribution in [2.75, 3.05) is 19.5 Å². The summed E-state index contributed by atoms with van der Waals surface area (Å²) >= 11 is 1.35. The van der Waals surface area contributed by atoms with Gasteiger partial charge in [-0.15, -0.1) is 16.4 Å². The van der Waals surface area contributed by atoms with E-state index in [4.69, 9.17) is 9.47 Å². The maximum atomic E-state index is 12.9. The molecule has 0 aliphatic heterocycles. The molecule has 2 aromatic carbocycles. The molecule has 0 radical (unpaired) electrons. The lowest BCUT2D eigenvalue weighted by Gasteiger charge is -2.11. The molecule has 0 saturated heterocycles. The van der Waals surface area contributed by atoms with E-state index in [2.05, 4.69) is 20.5 Å². The molecular formula is C23H18N6O5S. The third-order valence-corrected chi connectivity index (χ3v) is 5.95. The van der Waals surface area contributed by atoms with Crippen LogP contribution in [0.15, 0.2) is 64.8 Å². The van der Waals surface area contributed by atoms with E-state index in [9.17, 15) is 14.7 Å². The molecule has 12 heteroatoms. The number of fused-ring (bicyclic) bond motifs is 1. The molecule has 3 aromatic heterocycles. The Morgan fingerprint density at radius 2 is 1.83 bits per heavy atom. The number of carbonyl (C=O) groups is 1. The van der Waals surface area contributed by atoms with Gasteiger partial charge in [-0.25, -0.2) is 4.52 Å². The number of nitrogens with zero attached hydrogens (tertiary/aromatic N) is 5. The fourth-order valence-electron chi connectivity index (χ4n) is 3.44. The van der Waals surface area contributed by atoms with Crippen LogP contribution in [0.3, 0.4) is 0 Å². The van der Waals surface area contributed by atoms with Crippen molar-refractivity contribution in [1.82, 2.24) is 24.4 Å².